The molecule has 0 spiro atoms. The highest BCUT2D eigenvalue weighted by atomic mass is 16.5. The van der Waals surface area contributed by atoms with Gasteiger partial charge in [-0.2, -0.15) is 4.98 Å². The summed E-state index contributed by atoms with van der Waals surface area (Å²) in [6, 6.07) is 8.38. The predicted octanol–water partition coefficient (Wildman–Crippen LogP) is 2.25. The zero-order valence-corrected chi connectivity index (χ0v) is 14.8. The van der Waals surface area contributed by atoms with E-state index in [1.54, 1.807) is 36.7 Å². The number of anilines is 1. The number of benzene rings is 1. The highest BCUT2D eigenvalue weighted by Gasteiger charge is 2.18. The molecule has 0 radical (unpaired) electrons. The third-order valence-corrected chi connectivity index (χ3v) is 4.01. The highest BCUT2D eigenvalue weighted by molar-refractivity contribution is 5.97. The Bertz CT molecular complexity index is 1000. The molecule has 2 aromatic heterocycles. The first-order chi connectivity index (χ1) is 13.7. The number of carbonyl (C=O) groups excluding carboxylic acids is 2. The summed E-state index contributed by atoms with van der Waals surface area (Å²) in [5.41, 5.74) is 1.66. The Balaban J connectivity index is 1.27. The van der Waals surface area contributed by atoms with Gasteiger partial charge in [0, 0.05) is 24.4 Å². The number of carbonyl (C=O) groups is 2. The topological polar surface area (TPSA) is 116 Å². The molecule has 4 rings (SSSR count). The van der Waals surface area contributed by atoms with Crippen molar-refractivity contribution >= 4 is 17.6 Å². The van der Waals surface area contributed by atoms with E-state index in [9.17, 15) is 9.59 Å². The summed E-state index contributed by atoms with van der Waals surface area (Å²) >= 11 is 0. The lowest BCUT2D eigenvalue weighted by Crippen LogP contribution is -2.25. The summed E-state index contributed by atoms with van der Waals surface area (Å²) in [5.74, 6) is 0.692. The van der Waals surface area contributed by atoms with Crippen LogP contribution in [0.15, 0.2) is 47.2 Å². The second-order valence-corrected chi connectivity index (χ2v) is 6.04. The minimum atomic E-state index is -0.468. The van der Waals surface area contributed by atoms with Gasteiger partial charge < -0.3 is 19.3 Å². The summed E-state index contributed by atoms with van der Waals surface area (Å²) in [7, 11) is 0. The maximum atomic E-state index is 12.2. The van der Waals surface area contributed by atoms with Gasteiger partial charge in [-0.15, -0.1) is 0 Å². The summed E-state index contributed by atoms with van der Waals surface area (Å²) in [6.07, 6.45) is 4.35. The molecule has 3 aromatic rings. The van der Waals surface area contributed by atoms with Crippen molar-refractivity contribution in [2.75, 3.05) is 18.5 Å². The molecular formula is C19H16N4O5. The molecule has 1 aromatic carbocycles. The maximum Gasteiger partial charge on any atom is 0.338 e. The molecule has 28 heavy (non-hydrogen) atoms. The second-order valence-electron chi connectivity index (χ2n) is 6.04. The SMILES string of the molecule is O=C1COc2cc(C(=O)OCCCc3nc(-c4cccnc4)no3)ccc2N1. The number of esters is 1. The van der Waals surface area contributed by atoms with Gasteiger partial charge in [0.2, 0.25) is 11.7 Å². The Kier molecular flexibility index (Phi) is 4.96. The van der Waals surface area contributed by atoms with E-state index in [-0.39, 0.29) is 19.1 Å². The monoisotopic (exact) mass is 380 g/mol. The van der Waals surface area contributed by atoms with Crippen LogP contribution >= 0.6 is 0 Å². The normalized spacial score (nSPS) is 12.6. The number of pyridine rings is 1. The van der Waals surface area contributed by atoms with Crippen molar-refractivity contribution in [2.45, 2.75) is 12.8 Å². The lowest BCUT2D eigenvalue weighted by atomic mass is 10.1. The third kappa shape index (κ3) is 3.98. The van der Waals surface area contributed by atoms with Crippen LogP contribution in [0.1, 0.15) is 22.7 Å². The van der Waals surface area contributed by atoms with Gasteiger partial charge in [0.1, 0.15) is 5.75 Å². The molecule has 1 N–H and O–H groups in total. The number of amides is 1. The van der Waals surface area contributed by atoms with Gasteiger partial charge in [0.15, 0.2) is 6.61 Å². The first-order valence-corrected chi connectivity index (χ1v) is 8.66. The van der Waals surface area contributed by atoms with Crippen LogP contribution in [0.3, 0.4) is 0 Å². The Morgan fingerprint density at radius 3 is 3.07 bits per heavy atom. The molecule has 1 aliphatic rings. The molecule has 1 aliphatic heterocycles. The summed E-state index contributed by atoms with van der Waals surface area (Å²) < 4.78 is 15.8. The molecule has 0 unspecified atom stereocenters. The number of hydrogen-bond donors (Lipinski definition) is 1. The van der Waals surface area contributed by atoms with E-state index in [0.717, 1.165) is 5.56 Å². The fourth-order valence-corrected chi connectivity index (χ4v) is 2.64. The number of rotatable bonds is 6. The van der Waals surface area contributed by atoms with E-state index in [4.69, 9.17) is 14.0 Å². The molecule has 0 fully saturated rings. The van der Waals surface area contributed by atoms with E-state index in [1.165, 1.54) is 0 Å². The molecule has 0 atom stereocenters. The van der Waals surface area contributed by atoms with Gasteiger partial charge >= 0.3 is 5.97 Å². The first kappa shape index (κ1) is 17.7. The number of nitrogens with zero attached hydrogens (tertiary/aromatic N) is 3. The summed E-state index contributed by atoms with van der Waals surface area (Å²) in [4.78, 5) is 31.8. The lowest BCUT2D eigenvalue weighted by Gasteiger charge is -2.18. The Hall–Kier alpha value is -3.75. The van der Waals surface area contributed by atoms with Crippen molar-refractivity contribution in [1.29, 1.82) is 0 Å². The van der Waals surface area contributed by atoms with Crippen LogP contribution in [-0.2, 0) is 16.0 Å². The lowest BCUT2D eigenvalue weighted by molar-refractivity contribution is -0.118. The van der Waals surface area contributed by atoms with E-state index in [2.05, 4.69) is 20.4 Å². The molecule has 0 aliphatic carbocycles. The van der Waals surface area contributed by atoms with Gasteiger partial charge in [0.05, 0.1) is 17.9 Å². The fourth-order valence-electron chi connectivity index (χ4n) is 2.64. The van der Waals surface area contributed by atoms with Crippen molar-refractivity contribution in [3.63, 3.8) is 0 Å². The predicted molar refractivity (Wildman–Crippen MR) is 96.7 cm³/mol. The van der Waals surface area contributed by atoms with E-state index in [1.807, 2.05) is 6.07 Å². The molecule has 0 bridgehead atoms. The quantitative estimate of drug-likeness (QED) is 0.511. The number of aryl methyl sites for hydroxylation is 1. The van der Waals surface area contributed by atoms with Crippen LogP contribution in [0.25, 0.3) is 11.4 Å². The Labute approximate surface area is 159 Å². The van der Waals surface area contributed by atoms with Gasteiger partial charge in [-0.3, -0.25) is 9.78 Å². The van der Waals surface area contributed by atoms with E-state index < -0.39 is 5.97 Å². The third-order valence-electron chi connectivity index (χ3n) is 4.01. The average molecular weight is 380 g/mol. The number of hydrogen-bond acceptors (Lipinski definition) is 8. The molecular weight excluding hydrogens is 364 g/mol. The van der Waals surface area contributed by atoms with Crippen LogP contribution in [0, 0.1) is 0 Å². The van der Waals surface area contributed by atoms with Crippen molar-refractivity contribution in [3.05, 3.63) is 54.2 Å². The highest BCUT2D eigenvalue weighted by Crippen LogP contribution is 2.28. The van der Waals surface area contributed by atoms with Crippen LogP contribution in [0.5, 0.6) is 5.75 Å². The first-order valence-electron chi connectivity index (χ1n) is 8.66. The molecule has 9 heteroatoms. The maximum absolute atomic E-state index is 12.2. The van der Waals surface area contributed by atoms with E-state index >= 15 is 0 Å². The average Bonchev–Trinajstić information content (AvgIpc) is 3.20. The standard InChI is InChI=1S/C19H16N4O5/c24-16-11-27-15-9-12(5-6-14(15)21-16)19(25)26-8-2-4-17-22-18(23-28-17)13-3-1-7-20-10-13/h1,3,5-7,9-10H,2,4,8,11H2,(H,21,24). The number of fused-ring (bicyclic) bond motifs is 1. The van der Waals surface area contributed by atoms with Crippen LogP contribution in [0.4, 0.5) is 5.69 Å². The van der Waals surface area contributed by atoms with Gasteiger partial charge in [-0.05, 0) is 36.8 Å². The Morgan fingerprint density at radius 2 is 2.21 bits per heavy atom. The summed E-state index contributed by atoms with van der Waals surface area (Å²) in [5, 5.41) is 6.58. The van der Waals surface area contributed by atoms with Crippen LogP contribution in [-0.4, -0.2) is 40.2 Å². The minimum absolute atomic E-state index is 0.0727. The van der Waals surface area contributed by atoms with E-state index in [0.29, 0.717) is 41.6 Å². The molecule has 142 valence electrons. The fraction of sp³-hybridized carbons (Fsp3) is 0.211. The molecule has 3 heterocycles. The zero-order valence-electron chi connectivity index (χ0n) is 14.8. The number of nitrogens with one attached hydrogen (secondary N) is 1. The molecule has 1 amide bonds. The largest absolute Gasteiger partial charge is 0.482 e. The van der Waals surface area contributed by atoms with Crippen LogP contribution in [0.2, 0.25) is 0 Å². The molecule has 0 saturated heterocycles. The number of aromatic nitrogens is 3. The van der Waals surface area contributed by atoms with Crippen molar-refractivity contribution in [1.82, 2.24) is 15.1 Å². The molecule has 0 saturated carbocycles. The van der Waals surface area contributed by atoms with Crippen molar-refractivity contribution in [3.8, 4) is 17.1 Å². The summed E-state index contributed by atoms with van der Waals surface area (Å²) in [6.45, 7) is 0.134. The molecule has 9 nitrogen and oxygen atoms in total. The van der Waals surface area contributed by atoms with Crippen molar-refractivity contribution < 1.29 is 23.6 Å². The number of ether oxygens (including phenoxy) is 2. The zero-order chi connectivity index (χ0) is 19.3. The van der Waals surface area contributed by atoms with Crippen LogP contribution < -0.4 is 10.1 Å². The smallest absolute Gasteiger partial charge is 0.338 e. The van der Waals surface area contributed by atoms with Gasteiger partial charge in [-0.1, -0.05) is 5.16 Å². The van der Waals surface area contributed by atoms with Gasteiger partial charge in [-0.25, -0.2) is 4.79 Å². The van der Waals surface area contributed by atoms with Gasteiger partial charge in [0.25, 0.3) is 5.91 Å². The minimum Gasteiger partial charge on any atom is -0.482 e. The Morgan fingerprint density at radius 1 is 1.29 bits per heavy atom. The van der Waals surface area contributed by atoms with Crippen molar-refractivity contribution in [2.24, 2.45) is 0 Å². The second kappa shape index (κ2) is 7.87.